The molecule has 2 aliphatic rings. The molecule has 1 heterocycles. The minimum absolute atomic E-state index is 0.156. The average Bonchev–Trinajstić information content (AvgIpc) is 3.30. The predicted octanol–water partition coefficient (Wildman–Crippen LogP) is 1.50. The van der Waals surface area contributed by atoms with E-state index >= 15 is 0 Å². The third-order valence-corrected chi connectivity index (χ3v) is 4.12. The van der Waals surface area contributed by atoms with Crippen LogP contribution in [0.1, 0.15) is 39.5 Å². The van der Waals surface area contributed by atoms with E-state index in [1.807, 2.05) is 13.8 Å². The number of esters is 1. The minimum Gasteiger partial charge on any atom is -0.465 e. The summed E-state index contributed by atoms with van der Waals surface area (Å²) in [5.41, 5.74) is -0.650. The van der Waals surface area contributed by atoms with Gasteiger partial charge in [-0.3, -0.25) is 5.32 Å². The molecule has 1 unspecified atom stereocenters. The van der Waals surface area contributed by atoms with E-state index in [1.165, 1.54) is 0 Å². The summed E-state index contributed by atoms with van der Waals surface area (Å²) in [6.07, 6.45) is 4.17. The molecule has 1 aliphatic heterocycles. The van der Waals surface area contributed by atoms with Gasteiger partial charge in [0.1, 0.15) is 5.54 Å². The quantitative estimate of drug-likeness (QED) is 0.685. The van der Waals surface area contributed by atoms with Crippen LogP contribution in [0.3, 0.4) is 0 Å². The summed E-state index contributed by atoms with van der Waals surface area (Å²) >= 11 is 0. The molecular formula is C15H27NO4. The van der Waals surface area contributed by atoms with Crippen molar-refractivity contribution < 1.29 is 19.0 Å². The summed E-state index contributed by atoms with van der Waals surface area (Å²) in [7, 11) is 0. The van der Waals surface area contributed by atoms with E-state index in [4.69, 9.17) is 14.2 Å². The molecule has 0 aromatic heterocycles. The van der Waals surface area contributed by atoms with Crippen LogP contribution in [-0.2, 0) is 19.0 Å². The molecular weight excluding hydrogens is 258 g/mol. The van der Waals surface area contributed by atoms with Crippen LogP contribution in [0.4, 0.5) is 0 Å². The van der Waals surface area contributed by atoms with Gasteiger partial charge >= 0.3 is 5.97 Å². The van der Waals surface area contributed by atoms with Crippen LogP contribution < -0.4 is 5.32 Å². The molecule has 20 heavy (non-hydrogen) atoms. The van der Waals surface area contributed by atoms with Gasteiger partial charge < -0.3 is 14.2 Å². The monoisotopic (exact) mass is 285 g/mol. The van der Waals surface area contributed by atoms with Crippen molar-refractivity contribution in [1.82, 2.24) is 5.32 Å². The first-order valence-electron chi connectivity index (χ1n) is 7.84. The molecule has 116 valence electrons. The lowest BCUT2D eigenvalue weighted by Crippen LogP contribution is -2.58. The standard InChI is InChI=1S/C15H27NO4/c1-3-16-15(12-5-6-12,14(17)19-4-2)11-20-13-7-9-18-10-8-13/h12-13,16H,3-11H2,1-2H3. The summed E-state index contributed by atoms with van der Waals surface area (Å²) in [6.45, 7) is 6.94. The Kier molecular flexibility index (Phi) is 5.81. The van der Waals surface area contributed by atoms with Crippen LogP contribution in [-0.4, -0.2) is 50.6 Å². The molecule has 2 fully saturated rings. The van der Waals surface area contributed by atoms with Crippen LogP contribution in [0.25, 0.3) is 0 Å². The van der Waals surface area contributed by atoms with Gasteiger partial charge in [0.2, 0.25) is 0 Å². The zero-order valence-electron chi connectivity index (χ0n) is 12.7. The number of carbonyl (C=O) groups is 1. The maximum atomic E-state index is 12.4. The second kappa shape index (κ2) is 7.38. The SMILES string of the molecule is CCNC(COC1CCOCC1)(C(=O)OCC)C1CC1. The van der Waals surface area contributed by atoms with Gasteiger partial charge in [-0.25, -0.2) is 4.79 Å². The number of hydrogen-bond acceptors (Lipinski definition) is 5. The average molecular weight is 285 g/mol. The zero-order chi connectivity index (χ0) is 14.4. The number of nitrogens with one attached hydrogen (secondary N) is 1. The van der Waals surface area contributed by atoms with E-state index in [0.717, 1.165) is 45.4 Å². The minimum atomic E-state index is -0.650. The highest BCUT2D eigenvalue weighted by molar-refractivity contribution is 5.82. The van der Waals surface area contributed by atoms with E-state index in [1.54, 1.807) is 0 Å². The lowest BCUT2D eigenvalue weighted by atomic mass is 9.93. The normalized spacial score (nSPS) is 23.3. The van der Waals surface area contributed by atoms with Crippen LogP contribution in [0.15, 0.2) is 0 Å². The highest BCUT2D eigenvalue weighted by atomic mass is 16.5. The maximum absolute atomic E-state index is 12.4. The van der Waals surface area contributed by atoms with Gasteiger partial charge in [-0.2, -0.15) is 0 Å². The van der Waals surface area contributed by atoms with Crippen molar-refractivity contribution in [3.05, 3.63) is 0 Å². The molecule has 1 N–H and O–H groups in total. The molecule has 0 bridgehead atoms. The van der Waals surface area contributed by atoms with Crippen LogP contribution in [0.5, 0.6) is 0 Å². The predicted molar refractivity (Wildman–Crippen MR) is 75.6 cm³/mol. The first-order valence-corrected chi connectivity index (χ1v) is 7.84. The topological polar surface area (TPSA) is 56.8 Å². The Morgan fingerprint density at radius 3 is 2.50 bits per heavy atom. The van der Waals surface area contributed by atoms with E-state index < -0.39 is 5.54 Å². The van der Waals surface area contributed by atoms with Gasteiger partial charge in [-0.15, -0.1) is 0 Å². The van der Waals surface area contributed by atoms with Crippen molar-refractivity contribution in [2.45, 2.75) is 51.2 Å². The zero-order valence-corrected chi connectivity index (χ0v) is 12.7. The van der Waals surface area contributed by atoms with E-state index in [-0.39, 0.29) is 12.1 Å². The maximum Gasteiger partial charge on any atom is 0.329 e. The van der Waals surface area contributed by atoms with E-state index in [9.17, 15) is 4.79 Å². The number of ether oxygens (including phenoxy) is 3. The van der Waals surface area contributed by atoms with Crippen molar-refractivity contribution in [1.29, 1.82) is 0 Å². The Morgan fingerprint density at radius 2 is 1.95 bits per heavy atom. The number of carbonyl (C=O) groups excluding carboxylic acids is 1. The molecule has 0 radical (unpaired) electrons. The molecule has 1 atom stereocenters. The number of hydrogen-bond donors (Lipinski definition) is 1. The molecule has 1 saturated carbocycles. The fourth-order valence-electron chi connectivity index (χ4n) is 2.85. The molecule has 1 saturated heterocycles. The van der Waals surface area contributed by atoms with Crippen molar-refractivity contribution in [3.8, 4) is 0 Å². The van der Waals surface area contributed by atoms with E-state index in [0.29, 0.717) is 19.1 Å². The summed E-state index contributed by atoms with van der Waals surface area (Å²) < 4.78 is 16.7. The largest absolute Gasteiger partial charge is 0.465 e. The lowest BCUT2D eigenvalue weighted by Gasteiger charge is -2.34. The van der Waals surface area contributed by atoms with Crippen LogP contribution >= 0.6 is 0 Å². The Balaban J connectivity index is 1.98. The van der Waals surface area contributed by atoms with Crippen LogP contribution in [0.2, 0.25) is 0 Å². The second-order valence-corrected chi connectivity index (χ2v) is 5.62. The molecule has 5 nitrogen and oxygen atoms in total. The molecule has 0 amide bonds. The Hall–Kier alpha value is -0.650. The van der Waals surface area contributed by atoms with Crippen molar-refractivity contribution in [2.75, 3.05) is 33.0 Å². The summed E-state index contributed by atoms with van der Waals surface area (Å²) in [5, 5.41) is 3.35. The molecule has 1 aliphatic carbocycles. The number of rotatable bonds is 8. The highest BCUT2D eigenvalue weighted by Gasteiger charge is 2.52. The summed E-state index contributed by atoms with van der Waals surface area (Å²) in [6, 6.07) is 0. The van der Waals surface area contributed by atoms with Crippen molar-refractivity contribution in [3.63, 3.8) is 0 Å². The second-order valence-electron chi connectivity index (χ2n) is 5.62. The molecule has 0 aromatic rings. The smallest absolute Gasteiger partial charge is 0.329 e. The third kappa shape index (κ3) is 3.71. The molecule has 0 aromatic carbocycles. The van der Waals surface area contributed by atoms with Crippen molar-refractivity contribution in [2.24, 2.45) is 5.92 Å². The summed E-state index contributed by atoms with van der Waals surface area (Å²) in [5.74, 6) is 0.192. The van der Waals surface area contributed by atoms with E-state index in [2.05, 4.69) is 5.32 Å². The Bertz CT molecular complexity index is 313. The number of likely N-dealkylation sites (N-methyl/N-ethyl adjacent to an activating group) is 1. The molecule has 0 spiro atoms. The first-order chi connectivity index (χ1) is 9.73. The van der Waals surface area contributed by atoms with Gasteiger partial charge in [-0.1, -0.05) is 6.92 Å². The van der Waals surface area contributed by atoms with Crippen LogP contribution in [0, 0.1) is 5.92 Å². The van der Waals surface area contributed by atoms with Gasteiger partial charge in [0.25, 0.3) is 0 Å². The molecule has 2 rings (SSSR count). The van der Waals surface area contributed by atoms with Gasteiger partial charge in [0.15, 0.2) is 0 Å². The Morgan fingerprint density at radius 1 is 1.25 bits per heavy atom. The fraction of sp³-hybridized carbons (Fsp3) is 0.933. The third-order valence-electron chi connectivity index (χ3n) is 4.12. The fourth-order valence-corrected chi connectivity index (χ4v) is 2.85. The van der Waals surface area contributed by atoms with Gasteiger partial charge in [0, 0.05) is 13.2 Å². The Labute approximate surface area is 121 Å². The van der Waals surface area contributed by atoms with Gasteiger partial charge in [-0.05, 0) is 45.1 Å². The first kappa shape index (κ1) is 15.7. The highest BCUT2D eigenvalue weighted by Crippen LogP contribution is 2.41. The lowest BCUT2D eigenvalue weighted by molar-refractivity contribution is -0.158. The summed E-state index contributed by atoms with van der Waals surface area (Å²) in [4.78, 5) is 12.4. The molecule has 5 heteroatoms. The van der Waals surface area contributed by atoms with Gasteiger partial charge in [0.05, 0.1) is 19.3 Å². The van der Waals surface area contributed by atoms with Crippen molar-refractivity contribution >= 4 is 5.97 Å².